The number of nitrogens with one attached hydrogen (secondary N) is 2. The van der Waals surface area contributed by atoms with Crippen molar-refractivity contribution in [2.24, 2.45) is 0 Å². The Morgan fingerprint density at radius 2 is 2.34 bits per heavy atom. The molecule has 0 spiro atoms. The largest absolute Gasteiger partial charge is 0.375 e. The number of carbonyl (C=O) groups is 1. The number of hydrogen-bond acceptors (Lipinski definition) is 7. The average Bonchev–Trinajstić information content (AvgIpc) is 3.57. The van der Waals surface area contributed by atoms with Crippen molar-refractivity contribution in [1.82, 2.24) is 29.9 Å². The molecule has 2 N–H and O–H groups in total. The van der Waals surface area contributed by atoms with Gasteiger partial charge in [-0.3, -0.25) is 19.6 Å². The minimum atomic E-state index is -1.16. The van der Waals surface area contributed by atoms with Crippen LogP contribution in [0, 0.1) is 0 Å². The summed E-state index contributed by atoms with van der Waals surface area (Å²) in [5.74, 6) is -0.384. The number of anilines is 1. The summed E-state index contributed by atoms with van der Waals surface area (Å²) in [6.45, 7) is 2.31. The van der Waals surface area contributed by atoms with Crippen LogP contribution in [0.4, 0.5) is 10.1 Å². The average molecular weight is 454 g/mol. The number of thiazole rings is 1. The van der Waals surface area contributed by atoms with Crippen molar-refractivity contribution in [2.45, 2.75) is 31.7 Å². The molecule has 1 fully saturated rings. The Morgan fingerprint density at radius 1 is 1.44 bits per heavy atom. The molecule has 1 aliphatic carbocycles. The molecule has 11 heteroatoms. The van der Waals surface area contributed by atoms with Crippen LogP contribution in [0.25, 0.3) is 22.0 Å². The molecule has 4 aromatic rings. The zero-order valence-electron chi connectivity index (χ0n) is 17.1. The molecular weight excluding hydrogens is 433 g/mol. The first kappa shape index (κ1) is 20.5. The number of carbonyl (C=O) groups excluding carboxylic acids is 1. The Labute approximate surface area is 186 Å². The van der Waals surface area contributed by atoms with Gasteiger partial charge in [0.1, 0.15) is 22.6 Å². The lowest BCUT2D eigenvalue weighted by atomic mass is 9.87. The summed E-state index contributed by atoms with van der Waals surface area (Å²) in [5.41, 5.74) is 2.57. The molecule has 5 rings (SSSR count). The zero-order chi connectivity index (χ0) is 22.1. The first-order chi connectivity index (χ1) is 15.6. The van der Waals surface area contributed by atoms with E-state index in [-0.39, 0.29) is 11.6 Å². The van der Waals surface area contributed by atoms with Gasteiger partial charge in [-0.1, -0.05) is 6.07 Å². The molecule has 0 aliphatic heterocycles. The molecule has 3 atom stereocenters. The first-order valence-corrected chi connectivity index (χ1v) is 11.0. The molecule has 4 heterocycles. The molecule has 1 unspecified atom stereocenters. The van der Waals surface area contributed by atoms with E-state index in [4.69, 9.17) is 4.74 Å². The highest BCUT2D eigenvalue weighted by molar-refractivity contribution is 7.13. The van der Waals surface area contributed by atoms with Gasteiger partial charge in [-0.15, -0.1) is 11.3 Å². The number of amides is 1. The Balaban J connectivity index is 1.41. The number of aromatic nitrogens is 6. The van der Waals surface area contributed by atoms with Crippen molar-refractivity contribution in [3.63, 3.8) is 0 Å². The van der Waals surface area contributed by atoms with Crippen LogP contribution in [-0.2, 0) is 4.74 Å². The van der Waals surface area contributed by atoms with Crippen molar-refractivity contribution in [1.29, 1.82) is 0 Å². The summed E-state index contributed by atoms with van der Waals surface area (Å²) >= 11 is 1.35. The second kappa shape index (κ2) is 8.60. The molecule has 164 valence electrons. The number of ether oxygens (including phenoxy) is 1. The van der Waals surface area contributed by atoms with Crippen LogP contribution < -0.4 is 5.32 Å². The van der Waals surface area contributed by atoms with Gasteiger partial charge in [-0.2, -0.15) is 10.2 Å². The van der Waals surface area contributed by atoms with Gasteiger partial charge >= 0.3 is 0 Å². The molecule has 32 heavy (non-hydrogen) atoms. The van der Waals surface area contributed by atoms with E-state index in [1.54, 1.807) is 47.0 Å². The number of rotatable bonds is 7. The maximum Gasteiger partial charge on any atom is 0.275 e. The third kappa shape index (κ3) is 3.80. The van der Waals surface area contributed by atoms with Gasteiger partial charge in [0.25, 0.3) is 5.91 Å². The quantitative estimate of drug-likeness (QED) is 0.441. The fraction of sp³-hybridized carbons (Fsp3) is 0.286. The van der Waals surface area contributed by atoms with Gasteiger partial charge < -0.3 is 10.1 Å². The van der Waals surface area contributed by atoms with E-state index in [1.165, 1.54) is 11.3 Å². The smallest absolute Gasteiger partial charge is 0.275 e. The third-order valence-corrected chi connectivity index (χ3v) is 6.18. The number of pyridine rings is 1. The molecule has 1 amide bonds. The van der Waals surface area contributed by atoms with Gasteiger partial charge in [0.2, 0.25) is 0 Å². The van der Waals surface area contributed by atoms with Crippen LogP contribution in [0.2, 0.25) is 0 Å². The molecular formula is C21H20FN7O2S. The first-order valence-electron chi connectivity index (χ1n) is 10.2. The summed E-state index contributed by atoms with van der Waals surface area (Å²) in [6.07, 6.45) is 5.57. The van der Waals surface area contributed by atoms with Crippen molar-refractivity contribution in [2.75, 3.05) is 11.9 Å². The van der Waals surface area contributed by atoms with Crippen LogP contribution in [0.3, 0.4) is 0 Å². The van der Waals surface area contributed by atoms with Gasteiger partial charge in [0.05, 0.1) is 29.7 Å². The normalized spacial score (nSPS) is 20.1. The number of hydrogen-bond donors (Lipinski definition) is 2. The van der Waals surface area contributed by atoms with Crippen molar-refractivity contribution < 1.29 is 13.9 Å². The van der Waals surface area contributed by atoms with Crippen LogP contribution in [0.1, 0.15) is 29.9 Å². The second-order valence-electron chi connectivity index (χ2n) is 7.31. The fourth-order valence-corrected chi connectivity index (χ4v) is 4.37. The van der Waals surface area contributed by atoms with E-state index in [1.807, 2.05) is 13.0 Å². The number of aromatic amines is 1. The minimum absolute atomic E-state index is 0.273. The van der Waals surface area contributed by atoms with Crippen LogP contribution in [0.15, 0.2) is 48.4 Å². The summed E-state index contributed by atoms with van der Waals surface area (Å²) in [7, 11) is 0. The lowest BCUT2D eigenvalue weighted by Crippen LogP contribution is -2.46. The molecule has 0 aromatic carbocycles. The molecule has 0 bridgehead atoms. The van der Waals surface area contributed by atoms with E-state index in [2.05, 4.69) is 30.6 Å². The van der Waals surface area contributed by atoms with Gasteiger partial charge in [0.15, 0.2) is 0 Å². The number of alkyl halides is 1. The molecule has 0 saturated heterocycles. The van der Waals surface area contributed by atoms with Gasteiger partial charge in [-0.05, 0) is 19.1 Å². The van der Waals surface area contributed by atoms with E-state index in [0.29, 0.717) is 35.1 Å². The number of nitrogens with zero attached hydrogens (tertiary/aromatic N) is 5. The Bertz CT molecular complexity index is 1210. The van der Waals surface area contributed by atoms with Gasteiger partial charge in [0, 0.05) is 42.6 Å². The number of halogens is 1. The van der Waals surface area contributed by atoms with Crippen LogP contribution >= 0.6 is 11.3 Å². The summed E-state index contributed by atoms with van der Waals surface area (Å²) in [4.78, 5) is 21.6. The van der Waals surface area contributed by atoms with Crippen molar-refractivity contribution in [3.8, 4) is 22.0 Å². The molecule has 0 radical (unpaired) electrons. The molecule has 9 nitrogen and oxygen atoms in total. The topological polar surface area (TPSA) is 111 Å². The molecule has 1 saturated carbocycles. The highest BCUT2D eigenvalue weighted by atomic mass is 32.1. The zero-order valence-corrected chi connectivity index (χ0v) is 17.9. The van der Waals surface area contributed by atoms with E-state index in [0.717, 1.165) is 5.56 Å². The monoisotopic (exact) mass is 453 g/mol. The predicted molar refractivity (Wildman–Crippen MR) is 117 cm³/mol. The Morgan fingerprint density at radius 3 is 3.06 bits per heavy atom. The highest BCUT2D eigenvalue weighted by Crippen LogP contribution is 2.39. The van der Waals surface area contributed by atoms with E-state index in [9.17, 15) is 9.18 Å². The second-order valence-corrected chi connectivity index (χ2v) is 8.16. The van der Waals surface area contributed by atoms with Crippen LogP contribution in [0.5, 0.6) is 0 Å². The van der Waals surface area contributed by atoms with E-state index >= 15 is 0 Å². The highest BCUT2D eigenvalue weighted by Gasteiger charge is 2.44. The lowest BCUT2D eigenvalue weighted by molar-refractivity contribution is -0.0921. The lowest BCUT2D eigenvalue weighted by Gasteiger charge is -2.38. The minimum Gasteiger partial charge on any atom is -0.375 e. The van der Waals surface area contributed by atoms with Gasteiger partial charge in [-0.25, -0.2) is 9.37 Å². The number of H-pyrrole nitrogens is 1. The Kier molecular flexibility index (Phi) is 5.50. The van der Waals surface area contributed by atoms with Crippen LogP contribution in [-0.4, -0.2) is 54.7 Å². The fourth-order valence-electron chi connectivity index (χ4n) is 3.59. The molecule has 1 aliphatic rings. The SMILES string of the molecule is CCO[C@@H]1CC(n2cc(NC(=O)c3csc(-c4cn[nH]c4)n3)c(-c3ccccn3)n2)[C@@H]1F. The van der Waals surface area contributed by atoms with Crippen molar-refractivity contribution >= 4 is 22.9 Å². The molecule has 4 aromatic heterocycles. The summed E-state index contributed by atoms with van der Waals surface area (Å²) in [5, 5.41) is 16.4. The maximum atomic E-state index is 14.6. The maximum absolute atomic E-state index is 14.6. The summed E-state index contributed by atoms with van der Waals surface area (Å²) in [6, 6.07) is 4.96. The Hall–Kier alpha value is -3.44. The van der Waals surface area contributed by atoms with Crippen molar-refractivity contribution in [3.05, 3.63) is 54.1 Å². The third-order valence-electron chi connectivity index (χ3n) is 5.29. The summed E-state index contributed by atoms with van der Waals surface area (Å²) < 4.78 is 21.6. The van der Waals surface area contributed by atoms with E-state index < -0.39 is 18.3 Å². The predicted octanol–water partition coefficient (Wildman–Crippen LogP) is 3.73. The standard InChI is InChI=1S/C21H20FN7O2S/c1-2-31-17-7-16(18(17)22)29-10-14(19(28-29)13-5-3-4-6-23-13)26-20(30)15-11-32-21(27-15)12-8-24-25-9-12/h3-6,8-11,16-18H,2,7H2,1H3,(H,24,25)(H,26,30)/t16?,17-,18+/m1/s1.